The fourth-order valence-corrected chi connectivity index (χ4v) is 0.672. The van der Waals surface area contributed by atoms with Crippen molar-refractivity contribution in [3.05, 3.63) is 34.2 Å². The number of hydrogen-bond donors (Lipinski definition) is 0. The molecule has 1 aromatic rings. The second-order valence-corrected chi connectivity index (χ2v) is 2.54. The minimum atomic E-state index is -0.463. The standard InChI is InChI=1S/C8H7BrO/c1-6(10)7-2-4-8(9)5-3-7/h2-5H,1H3/i2D,3D,4D,5D. The van der Waals surface area contributed by atoms with E-state index in [4.69, 9.17) is 5.48 Å². The van der Waals surface area contributed by atoms with Gasteiger partial charge in [0.25, 0.3) is 0 Å². The molecule has 10 heavy (non-hydrogen) atoms. The first-order valence-corrected chi connectivity index (χ1v) is 3.44. The van der Waals surface area contributed by atoms with E-state index in [0.29, 0.717) is 0 Å². The molecule has 1 aromatic carbocycles. The number of carbonyl (C=O) groups is 1. The Bertz CT molecular complexity index is 387. The molecule has 2 heteroatoms. The van der Waals surface area contributed by atoms with Crippen molar-refractivity contribution in [2.75, 3.05) is 0 Å². The van der Waals surface area contributed by atoms with Crippen LogP contribution in [0, 0.1) is 0 Å². The molecule has 0 aromatic heterocycles. The highest BCUT2D eigenvalue weighted by atomic mass is 79.9. The molecule has 0 atom stereocenters. The van der Waals surface area contributed by atoms with Crippen molar-refractivity contribution in [3.8, 4) is 0 Å². The van der Waals surface area contributed by atoms with Gasteiger partial charge in [-0.2, -0.15) is 0 Å². The van der Waals surface area contributed by atoms with Crippen LogP contribution in [0.1, 0.15) is 22.8 Å². The van der Waals surface area contributed by atoms with Crippen LogP contribution in [0.2, 0.25) is 0 Å². The van der Waals surface area contributed by atoms with Crippen LogP contribution in [-0.2, 0) is 0 Å². The number of halogens is 1. The molecule has 0 saturated heterocycles. The van der Waals surface area contributed by atoms with Crippen LogP contribution in [0.4, 0.5) is 0 Å². The van der Waals surface area contributed by atoms with E-state index >= 15 is 0 Å². The number of Topliss-reactive ketones (excluding diaryl/α,β-unsaturated/α-hetero) is 1. The van der Waals surface area contributed by atoms with Crippen LogP contribution in [0.5, 0.6) is 0 Å². The molecule has 0 spiro atoms. The zero-order valence-corrected chi connectivity index (χ0v) is 6.87. The SMILES string of the molecule is [2H]c1c([2H])c(C(C)=O)c([2H])c([2H])c1Br. The molecule has 1 nitrogen and oxygen atoms in total. The summed E-state index contributed by atoms with van der Waals surface area (Å²) >= 11 is 2.94. The average Bonchev–Trinajstić information content (AvgIpc) is 2.11. The molecule has 0 heterocycles. The van der Waals surface area contributed by atoms with E-state index in [9.17, 15) is 4.79 Å². The quantitative estimate of drug-likeness (QED) is 0.641. The zero-order chi connectivity index (χ0) is 11.0. The first kappa shape index (κ1) is 3.67. The van der Waals surface area contributed by atoms with E-state index < -0.39 is 5.78 Å². The Hall–Kier alpha value is -0.630. The first-order valence-electron chi connectivity index (χ1n) is 4.64. The van der Waals surface area contributed by atoms with E-state index in [0.717, 1.165) is 0 Å². The monoisotopic (exact) mass is 202 g/mol. The maximum absolute atomic E-state index is 11.1. The number of hydrogen-bond acceptors (Lipinski definition) is 1. The molecule has 0 saturated carbocycles. The van der Waals surface area contributed by atoms with Gasteiger partial charge in [-0.1, -0.05) is 28.0 Å². The number of carbonyl (C=O) groups excluding carboxylic acids is 1. The summed E-state index contributed by atoms with van der Waals surface area (Å²) < 4.78 is 29.9. The van der Waals surface area contributed by atoms with E-state index in [1.165, 1.54) is 6.92 Å². The highest BCUT2D eigenvalue weighted by Gasteiger charge is 1.95. The Morgan fingerprint density at radius 2 is 2.00 bits per heavy atom. The molecule has 0 bridgehead atoms. The largest absolute Gasteiger partial charge is 0.295 e. The Balaban J connectivity index is 3.68. The van der Waals surface area contributed by atoms with E-state index in [-0.39, 0.29) is 34.2 Å². The lowest BCUT2D eigenvalue weighted by atomic mass is 10.2. The number of ketones is 1. The van der Waals surface area contributed by atoms with Gasteiger partial charge < -0.3 is 0 Å². The van der Waals surface area contributed by atoms with Crippen molar-refractivity contribution in [2.24, 2.45) is 0 Å². The molecule has 0 aliphatic rings. The van der Waals surface area contributed by atoms with Crippen LogP contribution in [0.3, 0.4) is 0 Å². The van der Waals surface area contributed by atoms with Gasteiger partial charge >= 0.3 is 0 Å². The summed E-state index contributed by atoms with van der Waals surface area (Å²) in [6.07, 6.45) is 0. The predicted octanol–water partition coefficient (Wildman–Crippen LogP) is 2.65. The van der Waals surface area contributed by atoms with Crippen molar-refractivity contribution in [1.29, 1.82) is 0 Å². The smallest absolute Gasteiger partial charge is 0.159 e. The molecular formula is C8H7BrO. The predicted molar refractivity (Wildman–Crippen MR) is 44.1 cm³/mol. The van der Waals surface area contributed by atoms with Crippen LogP contribution in [0.15, 0.2) is 28.6 Å². The van der Waals surface area contributed by atoms with Gasteiger partial charge in [0, 0.05) is 10.0 Å². The molecular weight excluding hydrogens is 192 g/mol. The summed E-state index contributed by atoms with van der Waals surface area (Å²) in [5, 5.41) is 0. The third-order valence-corrected chi connectivity index (χ3v) is 1.34. The van der Waals surface area contributed by atoms with Gasteiger partial charge in [0.05, 0.1) is 5.48 Å². The van der Waals surface area contributed by atoms with E-state index in [2.05, 4.69) is 15.9 Å². The van der Waals surface area contributed by atoms with Gasteiger partial charge in [-0.15, -0.1) is 0 Å². The Morgan fingerprint density at radius 3 is 2.40 bits per heavy atom. The third kappa shape index (κ3) is 1.67. The minimum Gasteiger partial charge on any atom is -0.295 e. The highest BCUT2D eigenvalue weighted by Crippen LogP contribution is 2.10. The van der Waals surface area contributed by atoms with Crippen molar-refractivity contribution < 1.29 is 10.3 Å². The van der Waals surface area contributed by atoms with E-state index in [1.54, 1.807) is 0 Å². The molecule has 0 aliphatic carbocycles. The lowest BCUT2D eigenvalue weighted by Gasteiger charge is -1.92. The Labute approximate surface area is 73.8 Å². The van der Waals surface area contributed by atoms with Gasteiger partial charge in [0.2, 0.25) is 0 Å². The van der Waals surface area contributed by atoms with Crippen molar-refractivity contribution >= 4 is 21.7 Å². The average molecular weight is 203 g/mol. The van der Waals surface area contributed by atoms with Crippen LogP contribution >= 0.6 is 15.9 Å². The number of benzene rings is 1. The highest BCUT2D eigenvalue weighted by molar-refractivity contribution is 9.10. The van der Waals surface area contributed by atoms with Gasteiger partial charge in [0.1, 0.15) is 0 Å². The summed E-state index contributed by atoms with van der Waals surface area (Å²) in [5.74, 6) is -0.463. The molecule has 0 unspecified atom stereocenters. The summed E-state index contributed by atoms with van der Waals surface area (Å²) in [7, 11) is 0. The number of rotatable bonds is 1. The van der Waals surface area contributed by atoms with Crippen LogP contribution in [0.25, 0.3) is 0 Å². The maximum atomic E-state index is 11.1. The van der Waals surface area contributed by atoms with Gasteiger partial charge in [-0.3, -0.25) is 4.79 Å². The summed E-state index contributed by atoms with van der Waals surface area (Å²) in [6.45, 7) is 1.22. The van der Waals surface area contributed by atoms with E-state index in [1.807, 2.05) is 0 Å². The molecule has 52 valence electrons. The Kier molecular flexibility index (Phi) is 1.09. The molecule has 0 N–H and O–H groups in total. The first-order chi connectivity index (χ1) is 6.37. The second-order valence-electron chi connectivity index (χ2n) is 1.75. The Morgan fingerprint density at radius 1 is 1.50 bits per heavy atom. The fourth-order valence-electron chi connectivity index (χ4n) is 0.473. The van der Waals surface area contributed by atoms with Crippen molar-refractivity contribution in [3.63, 3.8) is 0 Å². The lowest BCUT2D eigenvalue weighted by molar-refractivity contribution is 0.101. The third-order valence-electron chi connectivity index (χ3n) is 0.947. The molecule has 0 amide bonds. The molecule has 0 radical (unpaired) electrons. The van der Waals surface area contributed by atoms with Crippen LogP contribution in [-0.4, -0.2) is 5.78 Å². The molecule has 0 aliphatic heterocycles. The molecule has 1 rings (SSSR count). The van der Waals surface area contributed by atoms with Gasteiger partial charge in [-0.05, 0) is 19.0 Å². The van der Waals surface area contributed by atoms with Crippen molar-refractivity contribution in [2.45, 2.75) is 6.92 Å². The summed E-state index contributed by atoms with van der Waals surface area (Å²) in [5.41, 5.74) is -0.164. The van der Waals surface area contributed by atoms with Gasteiger partial charge in [0.15, 0.2) is 5.78 Å². The summed E-state index contributed by atoms with van der Waals surface area (Å²) in [6, 6.07) is -1.05. The van der Waals surface area contributed by atoms with Crippen LogP contribution < -0.4 is 0 Å². The zero-order valence-electron chi connectivity index (χ0n) is 9.29. The lowest BCUT2D eigenvalue weighted by Crippen LogP contribution is -1.89. The topological polar surface area (TPSA) is 17.1 Å². The minimum absolute atomic E-state index is 0.0810. The normalized spacial score (nSPS) is 15.0. The summed E-state index contributed by atoms with van der Waals surface area (Å²) in [4.78, 5) is 11.1. The second kappa shape index (κ2) is 2.97. The molecule has 0 fully saturated rings. The van der Waals surface area contributed by atoms with Gasteiger partial charge in [-0.25, -0.2) is 0 Å². The fraction of sp³-hybridized carbons (Fsp3) is 0.125. The van der Waals surface area contributed by atoms with Crippen molar-refractivity contribution in [1.82, 2.24) is 0 Å². The maximum Gasteiger partial charge on any atom is 0.159 e.